The highest BCUT2D eigenvalue weighted by Crippen LogP contribution is 2.36. The molecule has 2 heteroatoms. The summed E-state index contributed by atoms with van der Waals surface area (Å²) in [7, 11) is 0. The molecule has 2 rings (SSSR count). The van der Waals surface area contributed by atoms with Crippen LogP contribution in [-0.2, 0) is 4.79 Å². The number of carbonyl (C=O) groups is 1. The predicted octanol–water partition coefficient (Wildman–Crippen LogP) is 3.87. The third-order valence-corrected chi connectivity index (χ3v) is 3.81. The van der Waals surface area contributed by atoms with Crippen LogP contribution in [0, 0.1) is 5.92 Å². The molecule has 2 aromatic carbocycles. The largest absolute Gasteiger partial charge is 0.507 e. The van der Waals surface area contributed by atoms with E-state index in [1.54, 1.807) is 6.92 Å². The molecule has 0 saturated heterocycles. The van der Waals surface area contributed by atoms with Crippen LogP contribution in [0.2, 0.25) is 0 Å². The van der Waals surface area contributed by atoms with Gasteiger partial charge in [0.05, 0.1) is 0 Å². The number of phenolic OH excluding ortho intramolecular Hbond substituents is 1. The van der Waals surface area contributed by atoms with E-state index in [9.17, 15) is 9.90 Å². The van der Waals surface area contributed by atoms with Crippen molar-refractivity contribution in [1.82, 2.24) is 0 Å². The number of aromatic hydroxyl groups is 1. The van der Waals surface area contributed by atoms with Crippen molar-refractivity contribution in [3.63, 3.8) is 0 Å². The Labute approximate surface area is 107 Å². The van der Waals surface area contributed by atoms with Crippen LogP contribution < -0.4 is 0 Å². The van der Waals surface area contributed by atoms with E-state index in [4.69, 9.17) is 0 Å². The molecule has 94 valence electrons. The highest BCUT2D eigenvalue weighted by molar-refractivity contribution is 5.89. The van der Waals surface area contributed by atoms with Crippen LogP contribution in [-0.4, -0.2) is 10.9 Å². The summed E-state index contributed by atoms with van der Waals surface area (Å²) in [5, 5.41) is 12.2. The predicted molar refractivity (Wildman–Crippen MR) is 73.9 cm³/mol. The van der Waals surface area contributed by atoms with Crippen molar-refractivity contribution in [2.75, 3.05) is 0 Å². The first-order chi connectivity index (χ1) is 8.52. The number of carbonyl (C=O) groups excluding carboxylic acids is 1. The molecule has 0 aliphatic rings. The van der Waals surface area contributed by atoms with Crippen LogP contribution >= 0.6 is 0 Å². The van der Waals surface area contributed by atoms with Crippen molar-refractivity contribution in [2.45, 2.75) is 26.7 Å². The average molecular weight is 242 g/mol. The maximum Gasteiger partial charge on any atom is 0.133 e. The van der Waals surface area contributed by atoms with Crippen LogP contribution in [0.3, 0.4) is 0 Å². The summed E-state index contributed by atoms with van der Waals surface area (Å²) < 4.78 is 0. The quantitative estimate of drug-likeness (QED) is 0.887. The lowest BCUT2D eigenvalue weighted by atomic mass is 9.85. The minimum absolute atomic E-state index is 0.0205. The van der Waals surface area contributed by atoms with E-state index < -0.39 is 0 Å². The maximum atomic E-state index is 11.5. The fourth-order valence-corrected chi connectivity index (χ4v) is 2.26. The molecule has 0 heterocycles. The monoisotopic (exact) mass is 242 g/mol. The van der Waals surface area contributed by atoms with Crippen LogP contribution in [0.1, 0.15) is 32.3 Å². The van der Waals surface area contributed by atoms with E-state index in [1.807, 2.05) is 50.2 Å². The molecule has 0 amide bonds. The standard InChI is InChI=1S/C16H18O2/c1-10(12(3)17)11(2)14-9-8-13-6-4-5-7-15(13)16(14)18/h4-11,18H,1-3H3. The lowest BCUT2D eigenvalue weighted by Crippen LogP contribution is -2.14. The second-order valence-corrected chi connectivity index (χ2v) is 4.91. The first kappa shape index (κ1) is 12.6. The van der Waals surface area contributed by atoms with Gasteiger partial charge in [-0.2, -0.15) is 0 Å². The van der Waals surface area contributed by atoms with Crippen molar-refractivity contribution in [2.24, 2.45) is 5.92 Å². The molecule has 0 spiro atoms. The van der Waals surface area contributed by atoms with Crippen molar-refractivity contribution >= 4 is 16.6 Å². The van der Waals surface area contributed by atoms with Gasteiger partial charge in [0, 0.05) is 11.3 Å². The Morgan fingerprint density at radius 2 is 1.78 bits per heavy atom. The molecule has 0 radical (unpaired) electrons. The zero-order chi connectivity index (χ0) is 13.3. The van der Waals surface area contributed by atoms with Gasteiger partial charge in [-0.3, -0.25) is 4.79 Å². The summed E-state index contributed by atoms with van der Waals surface area (Å²) >= 11 is 0. The molecule has 1 N–H and O–H groups in total. The average Bonchev–Trinajstić information content (AvgIpc) is 2.37. The van der Waals surface area contributed by atoms with Crippen LogP contribution in [0.4, 0.5) is 0 Å². The van der Waals surface area contributed by atoms with E-state index in [0.29, 0.717) is 5.75 Å². The number of rotatable bonds is 3. The Bertz CT molecular complexity index is 587. The molecule has 0 aromatic heterocycles. The molecule has 2 unspecified atom stereocenters. The lowest BCUT2D eigenvalue weighted by molar-refractivity contribution is -0.120. The first-order valence-electron chi connectivity index (χ1n) is 6.23. The molecule has 2 atom stereocenters. The molecule has 0 aliphatic heterocycles. The summed E-state index contributed by atoms with van der Waals surface area (Å²) in [6, 6.07) is 11.6. The second kappa shape index (κ2) is 4.81. The van der Waals surface area contributed by atoms with Gasteiger partial charge in [0.2, 0.25) is 0 Å². The lowest BCUT2D eigenvalue weighted by Gasteiger charge is -2.19. The topological polar surface area (TPSA) is 37.3 Å². The summed E-state index contributed by atoms with van der Waals surface area (Å²) in [5.74, 6) is 0.382. The molecule has 0 fully saturated rings. The second-order valence-electron chi connectivity index (χ2n) is 4.91. The SMILES string of the molecule is CC(=O)C(C)C(C)c1ccc2ccccc2c1O. The summed E-state index contributed by atoms with van der Waals surface area (Å²) in [6.07, 6.45) is 0. The van der Waals surface area contributed by atoms with E-state index in [0.717, 1.165) is 16.3 Å². The molecule has 0 bridgehead atoms. The third-order valence-electron chi connectivity index (χ3n) is 3.81. The highest BCUT2D eigenvalue weighted by atomic mass is 16.3. The van der Waals surface area contributed by atoms with E-state index in [2.05, 4.69) is 0 Å². The molecule has 18 heavy (non-hydrogen) atoms. The van der Waals surface area contributed by atoms with Gasteiger partial charge in [-0.25, -0.2) is 0 Å². The minimum Gasteiger partial charge on any atom is -0.507 e. The van der Waals surface area contributed by atoms with Gasteiger partial charge in [0.25, 0.3) is 0 Å². The zero-order valence-corrected chi connectivity index (χ0v) is 11.0. The minimum atomic E-state index is -0.0861. The Kier molecular flexibility index (Phi) is 3.37. The fraction of sp³-hybridized carbons (Fsp3) is 0.312. The van der Waals surface area contributed by atoms with Crippen LogP contribution in [0.25, 0.3) is 10.8 Å². The number of hydrogen-bond acceptors (Lipinski definition) is 2. The van der Waals surface area contributed by atoms with Gasteiger partial charge < -0.3 is 5.11 Å². The Morgan fingerprint density at radius 1 is 1.11 bits per heavy atom. The van der Waals surface area contributed by atoms with E-state index >= 15 is 0 Å². The number of ketones is 1. The summed E-state index contributed by atoms with van der Waals surface area (Å²) in [5.41, 5.74) is 0.844. The molecule has 2 nitrogen and oxygen atoms in total. The van der Waals surface area contributed by atoms with Crippen LogP contribution in [0.5, 0.6) is 5.75 Å². The van der Waals surface area contributed by atoms with Gasteiger partial charge in [-0.1, -0.05) is 50.2 Å². The number of Topliss-reactive ketones (excluding diaryl/α,β-unsaturated/α-hetero) is 1. The summed E-state index contributed by atoms with van der Waals surface area (Å²) in [4.78, 5) is 11.5. The highest BCUT2D eigenvalue weighted by Gasteiger charge is 2.21. The maximum absolute atomic E-state index is 11.5. The van der Waals surface area contributed by atoms with Gasteiger partial charge >= 0.3 is 0 Å². The van der Waals surface area contributed by atoms with Gasteiger partial charge in [0.1, 0.15) is 11.5 Å². The molecular formula is C16H18O2. The van der Waals surface area contributed by atoms with E-state index in [-0.39, 0.29) is 17.6 Å². The Balaban J connectivity index is 2.52. The van der Waals surface area contributed by atoms with Crippen molar-refractivity contribution < 1.29 is 9.90 Å². The first-order valence-corrected chi connectivity index (χ1v) is 6.23. The summed E-state index contributed by atoms with van der Waals surface area (Å²) in [6.45, 7) is 5.48. The fourth-order valence-electron chi connectivity index (χ4n) is 2.26. The zero-order valence-electron chi connectivity index (χ0n) is 11.0. The molecule has 0 saturated carbocycles. The van der Waals surface area contributed by atoms with Gasteiger partial charge in [-0.15, -0.1) is 0 Å². The van der Waals surface area contributed by atoms with Gasteiger partial charge in [-0.05, 0) is 23.8 Å². The Morgan fingerprint density at radius 3 is 2.44 bits per heavy atom. The van der Waals surface area contributed by atoms with Gasteiger partial charge in [0.15, 0.2) is 0 Å². The van der Waals surface area contributed by atoms with Crippen LogP contribution in [0.15, 0.2) is 36.4 Å². The van der Waals surface area contributed by atoms with Crippen molar-refractivity contribution in [1.29, 1.82) is 0 Å². The van der Waals surface area contributed by atoms with E-state index in [1.165, 1.54) is 0 Å². The number of phenols is 1. The number of benzene rings is 2. The molecule has 0 aliphatic carbocycles. The Hall–Kier alpha value is -1.83. The smallest absolute Gasteiger partial charge is 0.133 e. The van der Waals surface area contributed by atoms with Crippen molar-refractivity contribution in [3.8, 4) is 5.75 Å². The third kappa shape index (κ3) is 2.10. The molecule has 2 aromatic rings. The van der Waals surface area contributed by atoms with Crippen molar-refractivity contribution in [3.05, 3.63) is 42.0 Å². The normalized spacial score (nSPS) is 14.4. The number of fused-ring (bicyclic) bond motifs is 1. The number of hydrogen-bond donors (Lipinski definition) is 1. The molecular weight excluding hydrogens is 224 g/mol.